The number of anilines is 2. The van der Waals surface area contributed by atoms with Gasteiger partial charge in [-0.3, -0.25) is 19.2 Å². The van der Waals surface area contributed by atoms with Gasteiger partial charge in [0.1, 0.15) is 5.75 Å². The molecule has 2 aromatic rings. The Morgan fingerprint density at radius 1 is 0.972 bits per heavy atom. The van der Waals surface area contributed by atoms with E-state index in [1.165, 1.54) is 4.90 Å². The largest absolute Gasteiger partial charge is 0.426 e. The van der Waals surface area contributed by atoms with Crippen LogP contribution in [0.25, 0.3) is 0 Å². The molecule has 0 spiro atoms. The van der Waals surface area contributed by atoms with Crippen LogP contribution in [0.1, 0.15) is 36.5 Å². The van der Waals surface area contributed by atoms with E-state index in [0.29, 0.717) is 23.4 Å². The van der Waals surface area contributed by atoms with Crippen molar-refractivity contribution >= 4 is 35.1 Å². The van der Waals surface area contributed by atoms with E-state index in [4.69, 9.17) is 4.74 Å². The predicted molar refractivity (Wildman–Crippen MR) is 136 cm³/mol. The molecular weight excluding hydrogens is 456 g/mol. The van der Waals surface area contributed by atoms with Crippen LogP contribution in [-0.4, -0.2) is 30.2 Å². The van der Waals surface area contributed by atoms with Gasteiger partial charge in [0.05, 0.1) is 23.4 Å². The number of carbonyl (C=O) groups excluding carboxylic acids is 4. The third-order valence-electron chi connectivity index (χ3n) is 7.48. The van der Waals surface area contributed by atoms with E-state index in [1.807, 2.05) is 51.1 Å². The first-order valence-corrected chi connectivity index (χ1v) is 12.4. The predicted octanol–water partition coefficient (Wildman–Crippen LogP) is 4.27. The number of allylic oxidation sites excluding steroid dienone is 2. The minimum absolute atomic E-state index is 0.0168. The van der Waals surface area contributed by atoms with Gasteiger partial charge in [0.25, 0.3) is 0 Å². The van der Waals surface area contributed by atoms with Crippen LogP contribution in [0, 0.1) is 44.4 Å². The maximum Gasteiger partial charge on any atom is 0.316 e. The van der Waals surface area contributed by atoms with Crippen molar-refractivity contribution in [3.05, 3.63) is 65.2 Å². The number of fused-ring (bicyclic) bond motifs is 1. The van der Waals surface area contributed by atoms with Crippen molar-refractivity contribution in [2.24, 2.45) is 23.7 Å². The molecule has 0 N–H and O–H groups in total. The summed E-state index contributed by atoms with van der Waals surface area (Å²) in [4.78, 5) is 54.7. The zero-order chi connectivity index (χ0) is 25.7. The Balaban J connectivity index is 1.29. The summed E-state index contributed by atoms with van der Waals surface area (Å²) < 4.78 is 5.63. The number of hydrogen-bond donors (Lipinski definition) is 0. The maximum absolute atomic E-state index is 13.1. The highest BCUT2D eigenvalue weighted by Crippen LogP contribution is 2.41. The van der Waals surface area contributed by atoms with Gasteiger partial charge in [-0.15, -0.1) is 0 Å². The quantitative estimate of drug-likeness (QED) is 0.279. The molecule has 2 heterocycles. The molecule has 5 rings (SSSR count). The van der Waals surface area contributed by atoms with Gasteiger partial charge in [-0.2, -0.15) is 0 Å². The Bertz CT molecular complexity index is 1290. The summed E-state index contributed by atoms with van der Waals surface area (Å²) in [6, 6.07) is 10.8. The third kappa shape index (κ3) is 4.12. The summed E-state index contributed by atoms with van der Waals surface area (Å²) in [6.07, 6.45) is 4.64. The molecule has 0 aromatic heterocycles. The van der Waals surface area contributed by atoms with E-state index < -0.39 is 11.9 Å². The topological polar surface area (TPSA) is 84.0 Å². The zero-order valence-electron chi connectivity index (χ0n) is 21.0. The van der Waals surface area contributed by atoms with E-state index in [1.54, 1.807) is 30.0 Å². The monoisotopic (exact) mass is 486 g/mol. The van der Waals surface area contributed by atoms with E-state index >= 15 is 0 Å². The normalized spacial score (nSPS) is 25.5. The smallest absolute Gasteiger partial charge is 0.316 e. The first-order chi connectivity index (χ1) is 17.1. The van der Waals surface area contributed by atoms with Crippen LogP contribution in [0.3, 0.4) is 0 Å². The van der Waals surface area contributed by atoms with Gasteiger partial charge < -0.3 is 9.64 Å². The number of rotatable bonds is 4. The van der Waals surface area contributed by atoms with Gasteiger partial charge in [0, 0.05) is 18.7 Å². The summed E-state index contributed by atoms with van der Waals surface area (Å²) in [7, 11) is 0. The molecule has 0 bridgehead atoms. The number of amides is 3. The highest BCUT2D eigenvalue weighted by Gasteiger charge is 2.50. The lowest BCUT2D eigenvalue weighted by atomic mass is 9.78. The average molecular weight is 487 g/mol. The van der Waals surface area contributed by atoms with Crippen LogP contribution in [0.5, 0.6) is 5.75 Å². The van der Waals surface area contributed by atoms with E-state index in [0.717, 1.165) is 16.8 Å². The second kappa shape index (κ2) is 9.04. The van der Waals surface area contributed by atoms with Crippen molar-refractivity contribution in [1.82, 2.24) is 0 Å². The summed E-state index contributed by atoms with van der Waals surface area (Å²) in [6.45, 7) is 7.97. The number of esters is 1. The van der Waals surface area contributed by atoms with Crippen molar-refractivity contribution in [3.63, 3.8) is 0 Å². The Hall–Kier alpha value is -3.74. The number of imide groups is 1. The van der Waals surface area contributed by atoms with Crippen LogP contribution in [0.4, 0.5) is 11.4 Å². The molecule has 0 saturated carbocycles. The number of benzene rings is 2. The maximum atomic E-state index is 13.1. The van der Waals surface area contributed by atoms with Crippen molar-refractivity contribution in [2.75, 3.05) is 16.3 Å². The van der Waals surface area contributed by atoms with Crippen LogP contribution < -0.4 is 14.5 Å². The van der Waals surface area contributed by atoms with Gasteiger partial charge in [-0.05, 0) is 80.1 Å². The Morgan fingerprint density at radius 2 is 1.69 bits per heavy atom. The number of hydrogen-bond acceptors (Lipinski definition) is 5. The molecule has 3 aliphatic rings. The van der Waals surface area contributed by atoms with Crippen LogP contribution in [0.15, 0.2) is 48.6 Å². The summed E-state index contributed by atoms with van der Waals surface area (Å²) >= 11 is 0. The third-order valence-corrected chi connectivity index (χ3v) is 7.48. The first-order valence-electron chi connectivity index (χ1n) is 12.4. The molecule has 186 valence electrons. The fourth-order valence-corrected chi connectivity index (χ4v) is 5.75. The molecule has 0 radical (unpaired) electrons. The molecule has 7 nitrogen and oxygen atoms in total. The van der Waals surface area contributed by atoms with E-state index in [-0.39, 0.29) is 48.4 Å². The molecule has 2 fully saturated rings. The number of aryl methyl sites for hydroxylation is 3. The lowest BCUT2D eigenvalue weighted by Crippen LogP contribution is -2.32. The molecule has 4 atom stereocenters. The summed E-state index contributed by atoms with van der Waals surface area (Å²) in [5.41, 5.74) is 4.08. The summed E-state index contributed by atoms with van der Waals surface area (Å²) in [5, 5.41) is 0. The zero-order valence-corrected chi connectivity index (χ0v) is 21.0. The highest BCUT2D eigenvalue weighted by molar-refractivity contribution is 6.22. The number of carbonyl (C=O) groups is 4. The Labute approximate surface area is 210 Å². The van der Waals surface area contributed by atoms with Crippen molar-refractivity contribution < 1.29 is 23.9 Å². The molecule has 0 unspecified atom stereocenters. The second-order valence-corrected chi connectivity index (χ2v) is 10.3. The second-order valence-electron chi connectivity index (χ2n) is 10.3. The van der Waals surface area contributed by atoms with E-state index in [9.17, 15) is 19.2 Å². The SMILES string of the molecule is Cc1cc(C)cc(N2C[C@@H](C(=O)Oc3ccc(N4C(=O)[C@H]5[C@H](C)C=CC[C@H]5C4=O)c(C)c3)CC2=O)c1. The van der Waals surface area contributed by atoms with Gasteiger partial charge >= 0.3 is 5.97 Å². The number of ether oxygens (including phenoxy) is 1. The number of nitrogens with zero attached hydrogens (tertiary/aromatic N) is 2. The molecule has 3 amide bonds. The molecule has 2 saturated heterocycles. The van der Waals surface area contributed by atoms with Crippen LogP contribution >= 0.6 is 0 Å². The molecular formula is C29H30N2O5. The lowest BCUT2D eigenvalue weighted by Gasteiger charge is -2.22. The van der Waals surface area contributed by atoms with Gasteiger partial charge in [-0.25, -0.2) is 4.90 Å². The lowest BCUT2D eigenvalue weighted by molar-refractivity contribution is -0.139. The molecule has 2 aliphatic heterocycles. The van der Waals surface area contributed by atoms with Gasteiger partial charge in [0.2, 0.25) is 17.7 Å². The van der Waals surface area contributed by atoms with Crippen molar-refractivity contribution in [1.29, 1.82) is 0 Å². The van der Waals surface area contributed by atoms with Gasteiger partial charge in [-0.1, -0.05) is 25.1 Å². The van der Waals surface area contributed by atoms with Crippen LogP contribution in [-0.2, 0) is 19.2 Å². The van der Waals surface area contributed by atoms with Gasteiger partial charge in [0.15, 0.2) is 0 Å². The first kappa shape index (κ1) is 24.0. The Morgan fingerprint density at radius 3 is 2.36 bits per heavy atom. The molecule has 36 heavy (non-hydrogen) atoms. The van der Waals surface area contributed by atoms with Crippen molar-refractivity contribution in [2.45, 2.75) is 40.5 Å². The minimum Gasteiger partial charge on any atom is -0.426 e. The highest BCUT2D eigenvalue weighted by atomic mass is 16.5. The van der Waals surface area contributed by atoms with Crippen LogP contribution in [0.2, 0.25) is 0 Å². The molecule has 1 aliphatic carbocycles. The fourth-order valence-electron chi connectivity index (χ4n) is 5.75. The average Bonchev–Trinajstić information content (AvgIpc) is 3.32. The minimum atomic E-state index is -0.572. The molecule has 2 aromatic carbocycles. The Kier molecular flexibility index (Phi) is 6.02. The van der Waals surface area contributed by atoms with E-state index in [2.05, 4.69) is 0 Å². The standard InChI is InChI=1S/C29H30N2O5/c1-16-10-17(2)12-21(11-16)30-15-20(14-25(30)32)29(35)36-22-8-9-24(19(4)13-22)31-27(33)23-7-5-6-18(3)26(23)28(31)34/h5-6,8-13,18,20,23,26H,7,14-15H2,1-4H3/t18-,20+,23-,26+/m1/s1. The molecule has 7 heteroatoms. The summed E-state index contributed by atoms with van der Waals surface area (Å²) in [5.74, 6) is -1.82. The fraction of sp³-hybridized carbons (Fsp3) is 0.379. The van der Waals surface area contributed by atoms with Crippen molar-refractivity contribution in [3.8, 4) is 5.75 Å².